The Hall–Kier alpha value is -3.35. The Bertz CT molecular complexity index is 1110. The number of carbonyl (C=O) groups is 2. The van der Waals surface area contributed by atoms with Gasteiger partial charge in [-0.15, -0.1) is 0 Å². The smallest absolute Gasteiger partial charge is 0.421 e. The lowest BCUT2D eigenvalue weighted by Gasteiger charge is -2.30. The molecule has 7 heteroatoms. The Kier molecular flexibility index (Phi) is 4.53. The first kappa shape index (κ1) is 19.0. The topological polar surface area (TPSA) is 73.7 Å². The van der Waals surface area contributed by atoms with E-state index in [1.165, 1.54) is 0 Å². The van der Waals surface area contributed by atoms with Crippen LogP contribution in [-0.2, 0) is 23.0 Å². The third-order valence-electron chi connectivity index (χ3n) is 4.68. The van der Waals surface area contributed by atoms with Crippen LogP contribution in [0.1, 0.15) is 32.8 Å². The van der Waals surface area contributed by atoms with Crippen LogP contribution in [0, 0.1) is 0 Å². The minimum absolute atomic E-state index is 0.247. The quantitative estimate of drug-likeness (QED) is 0.637. The third kappa shape index (κ3) is 3.81. The van der Waals surface area contributed by atoms with E-state index in [1.807, 2.05) is 31.3 Å². The number of ether oxygens (including phenoxy) is 2. The number of aryl methyl sites for hydroxylation is 2. The van der Waals surface area contributed by atoms with Gasteiger partial charge >= 0.3 is 6.09 Å². The highest BCUT2D eigenvalue weighted by Gasteiger charge is 2.33. The van der Waals surface area contributed by atoms with Gasteiger partial charge in [0.1, 0.15) is 17.1 Å². The van der Waals surface area contributed by atoms with Gasteiger partial charge in [0.2, 0.25) is 5.91 Å². The zero-order chi connectivity index (χ0) is 20.8. The maximum absolute atomic E-state index is 12.5. The second-order valence-electron chi connectivity index (χ2n) is 8.09. The van der Waals surface area contributed by atoms with Gasteiger partial charge in [0.15, 0.2) is 0 Å². The molecule has 4 rings (SSSR count). The Morgan fingerprint density at radius 3 is 2.55 bits per heavy atom. The van der Waals surface area contributed by atoms with Gasteiger partial charge in [-0.1, -0.05) is 0 Å². The molecule has 0 atom stereocenters. The summed E-state index contributed by atoms with van der Waals surface area (Å²) in [6.07, 6.45) is 1.95. The lowest BCUT2D eigenvalue weighted by Crippen LogP contribution is -2.43. The Labute approximate surface area is 168 Å². The van der Waals surface area contributed by atoms with E-state index in [9.17, 15) is 9.59 Å². The van der Waals surface area contributed by atoms with Gasteiger partial charge in [0.05, 0.1) is 17.4 Å². The van der Waals surface area contributed by atoms with Crippen LogP contribution in [0.5, 0.6) is 11.5 Å². The van der Waals surface area contributed by atoms with Crippen LogP contribution in [0.25, 0.3) is 10.9 Å². The first-order valence-corrected chi connectivity index (χ1v) is 9.50. The number of imide groups is 1. The summed E-state index contributed by atoms with van der Waals surface area (Å²) in [7, 11) is 1.88. The molecule has 1 aliphatic heterocycles. The van der Waals surface area contributed by atoms with Crippen LogP contribution in [0.15, 0.2) is 42.6 Å². The SMILES string of the molecule is Cn1ncc2ccc(Oc3ccc4c(c3)CCC(=O)N4C(=O)OC(C)(C)C)cc21. The lowest BCUT2D eigenvalue weighted by atomic mass is 10.0. The lowest BCUT2D eigenvalue weighted by molar-refractivity contribution is -0.118. The van der Waals surface area contributed by atoms with Gasteiger partial charge in [0.25, 0.3) is 0 Å². The Morgan fingerprint density at radius 2 is 1.79 bits per heavy atom. The van der Waals surface area contributed by atoms with E-state index < -0.39 is 11.7 Å². The molecule has 3 aromatic rings. The number of nitrogens with zero attached hydrogens (tertiary/aromatic N) is 3. The molecule has 2 aromatic carbocycles. The molecule has 0 radical (unpaired) electrons. The van der Waals surface area contributed by atoms with Crippen molar-refractivity contribution in [3.63, 3.8) is 0 Å². The molecule has 0 saturated heterocycles. The van der Waals surface area contributed by atoms with Crippen molar-refractivity contribution in [2.24, 2.45) is 7.05 Å². The van der Waals surface area contributed by atoms with E-state index in [0.717, 1.165) is 21.4 Å². The van der Waals surface area contributed by atoms with Crippen LogP contribution >= 0.6 is 0 Å². The highest BCUT2D eigenvalue weighted by molar-refractivity contribution is 6.14. The summed E-state index contributed by atoms with van der Waals surface area (Å²) in [6, 6.07) is 11.1. The fraction of sp³-hybridized carbons (Fsp3) is 0.318. The first-order chi connectivity index (χ1) is 13.7. The van der Waals surface area contributed by atoms with Crippen molar-refractivity contribution in [2.75, 3.05) is 4.90 Å². The third-order valence-corrected chi connectivity index (χ3v) is 4.68. The summed E-state index contributed by atoms with van der Waals surface area (Å²) >= 11 is 0. The molecule has 0 fully saturated rings. The number of aromatic nitrogens is 2. The molecule has 1 aromatic heterocycles. The van der Waals surface area contributed by atoms with Crippen molar-refractivity contribution in [3.05, 3.63) is 48.2 Å². The molecule has 2 heterocycles. The number of hydrogen-bond acceptors (Lipinski definition) is 5. The maximum Gasteiger partial charge on any atom is 0.421 e. The van der Waals surface area contributed by atoms with Crippen LogP contribution in [0.4, 0.5) is 10.5 Å². The van der Waals surface area contributed by atoms with Crippen LogP contribution in [0.2, 0.25) is 0 Å². The molecule has 29 heavy (non-hydrogen) atoms. The molecule has 1 aliphatic rings. The van der Waals surface area contributed by atoms with Crippen LogP contribution in [-0.4, -0.2) is 27.4 Å². The van der Waals surface area contributed by atoms with Gasteiger partial charge in [-0.25, -0.2) is 9.69 Å². The number of carbonyl (C=O) groups excluding carboxylic acids is 2. The molecular formula is C22H23N3O4. The number of anilines is 1. The van der Waals surface area contributed by atoms with Crippen molar-refractivity contribution in [1.29, 1.82) is 0 Å². The molecule has 0 N–H and O–H groups in total. The van der Waals surface area contributed by atoms with E-state index in [0.29, 0.717) is 23.6 Å². The molecule has 0 bridgehead atoms. The number of rotatable bonds is 2. The molecule has 2 amide bonds. The predicted molar refractivity (Wildman–Crippen MR) is 109 cm³/mol. The van der Waals surface area contributed by atoms with Gasteiger partial charge in [-0.3, -0.25) is 9.48 Å². The normalized spacial score (nSPS) is 14.1. The van der Waals surface area contributed by atoms with Crippen molar-refractivity contribution in [2.45, 2.75) is 39.2 Å². The number of amides is 2. The summed E-state index contributed by atoms with van der Waals surface area (Å²) in [5, 5.41) is 5.28. The largest absolute Gasteiger partial charge is 0.457 e. The van der Waals surface area contributed by atoms with Gasteiger partial charge in [-0.2, -0.15) is 5.10 Å². The molecular weight excluding hydrogens is 370 g/mol. The van der Waals surface area contributed by atoms with E-state index in [2.05, 4.69) is 5.10 Å². The van der Waals surface area contributed by atoms with E-state index in [1.54, 1.807) is 43.8 Å². The molecule has 0 aliphatic carbocycles. The predicted octanol–water partition coefficient (Wildman–Crippen LogP) is 4.58. The molecule has 7 nitrogen and oxygen atoms in total. The van der Waals surface area contributed by atoms with Crippen molar-refractivity contribution < 1.29 is 19.1 Å². The number of fused-ring (bicyclic) bond motifs is 2. The van der Waals surface area contributed by atoms with Gasteiger partial charge < -0.3 is 9.47 Å². The Morgan fingerprint density at radius 1 is 1.07 bits per heavy atom. The van der Waals surface area contributed by atoms with Crippen LogP contribution in [0.3, 0.4) is 0 Å². The molecule has 150 valence electrons. The van der Waals surface area contributed by atoms with E-state index in [4.69, 9.17) is 9.47 Å². The standard InChI is InChI=1S/C22H23N3O4/c1-22(2,3)29-21(27)25-18-9-8-16(11-14(18)6-10-20(25)26)28-17-7-5-15-13-23-24(4)19(15)12-17/h5,7-9,11-13H,6,10H2,1-4H3. The summed E-state index contributed by atoms with van der Waals surface area (Å²) in [4.78, 5) is 26.0. The second-order valence-corrected chi connectivity index (χ2v) is 8.09. The monoisotopic (exact) mass is 393 g/mol. The highest BCUT2D eigenvalue weighted by Crippen LogP contribution is 2.34. The average Bonchev–Trinajstić information content (AvgIpc) is 3.01. The van der Waals surface area contributed by atoms with Crippen molar-refractivity contribution in [1.82, 2.24) is 9.78 Å². The first-order valence-electron chi connectivity index (χ1n) is 9.50. The minimum Gasteiger partial charge on any atom is -0.457 e. The number of hydrogen-bond donors (Lipinski definition) is 0. The van der Waals surface area contributed by atoms with Crippen molar-refractivity contribution >= 4 is 28.6 Å². The van der Waals surface area contributed by atoms with Crippen LogP contribution < -0.4 is 9.64 Å². The number of benzene rings is 2. The zero-order valence-electron chi connectivity index (χ0n) is 16.9. The second kappa shape index (κ2) is 6.92. The van der Waals surface area contributed by atoms with Gasteiger partial charge in [0, 0.05) is 24.9 Å². The average molecular weight is 393 g/mol. The molecule has 0 unspecified atom stereocenters. The summed E-state index contributed by atoms with van der Waals surface area (Å²) in [5.41, 5.74) is 1.71. The Balaban J connectivity index is 1.61. The molecule has 0 saturated carbocycles. The fourth-order valence-corrected chi connectivity index (χ4v) is 3.36. The summed E-state index contributed by atoms with van der Waals surface area (Å²) < 4.78 is 13.2. The fourth-order valence-electron chi connectivity index (χ4n) is 3.36. The van der Waals surface area contributed by atoms with Crippen molar-refractivity contribution in [3.8, 4) is 11.5 Å². The van der Waals surface area contributed by atoms with E-state index in [-0.39, 0.29) is 12.3 Å². The highest BCUT2D eigenvalue weighted by atomic mass is 16.6. The zero-order valence-corrected chi connectivity index (χ0v) is 16.9. The maximum atomic E-state index is 12.5. The summed E-state index contributed by atoms with van der Waals surface area (Å²) in [5.74, 6) is 1.07. The molecule has 0 spiro atoms. The minimum atomic E-state index is -0.678. The summed E-state index contributed by atoms with van der Waals surface area (Å²) in [6.45, 7) is 5.32. The van der Waals surface area contributed by atoms with Gasteiger partial charge in [-0.05, 0) is 63.1 Å². The van der Waals surface area contributed by atoms with E-state index >= 15 is 0 Å².